The summed E-state index contributed by atoms with van der Waals surface area (Å²) in [4.78, 5) is 35.8. The number of carbonyl (C=O) groups is 2. The van der Waals surface area contributed by atoms with E-state index in [1.165, 1.54) is 29.1 Å². The topological polar surface area (TPSA) is 119 Å². The molecule has 9 heteroatoms. The molecule has 0 saturated carbocycles. The highest BCUT2D eigenvalue weighted by molar-refractivity contribution is 6.02. The molecular weight excluding hydrogens is 386 g/mol. The number of anilines is 1. The maximum atomic E-state index is 12.7. The Bertz CT molecular complexity index is 1290. The van der Waals surface area contributed by atoms with Crippen LogP contribution in [0.5, 0.6) is 0 Å². The highest BCUT2D eigenvalue weighted by Gasteiger charge is 2.12. The summed E-state index contributed by atoms with van der Waals surface area (Å²) >= 11 is 0. The summed E-state index contributed by atoms with van der Waals surface area (Å²) in [7, 11) is 0. The van der Waals surface area contributed by atoms with Gasteiger partial charge in [0.15, 0.2) is 5.69 Å². The lowest BCUT2D eigenvalue weighted by Gasteiger charge is -2.09. The van der Waals surface area contributed by atoms with E-state index in [0.717, 1.165) is 4.68 Å². The van der Waals surface area contributed by atoms with Crippen LogP contribution in [0, 0.1) is 0 Å². The van der Waals surface area contributed by atoms with Gasteiger partial charge in [0.05, 0.1) is 11.4 Å². The molecule has 0 saturated heterocycles. The van der Waals surface area contributed by atoms with E-state index in [0.29, 0.717) is 17.1 Å². The molecule has 2 heterocycles. The third kappa shape index (κ3) is 3.85. The summed E-state index contributed by atoms with van der Waals surface area (Å²) in [5.74, 6) is -1.62. The summed E-state index contributed by atoms with van der Waals surface area (Å²) in [6, 6.07) is 19.6. The van der Waals surface area contributed by atoms with Crippen LogP contribution < -0.4 is 10.9 Å². The second-order valence-corrected chi connectivity index (χ2v) is 6.26. The summed E-state index contributed by atoms with van der Waals surface area (Å²) < 4.78 is 2.55. The highest BCUT2D eigenvalue weighted by atomic mass is 16.4. The zero-order chi connectivity index (χ0) is 21.1. The lowest BCUT2D eigenvalue weighted by molar-refractivity contribution is 0.0689. The number of benzene rings is 2. The first-order valence-corrected chi connectivity index (χ1v) is 8.88. The van der Waals surface area contributed by atoms with Crippen molar-refractivity contribution in [1.29, 1.82) is 0 Å². The van der Waals surface area contributed by atoms with Crippen LogP contribution >= 0.6 is 0 Å². The zero-order valence-electron chi connectivity index (χ0n) is 15.5. The van der Waals surface area contributed by atoms with Gasteiger partial charge in [0, 0.05) is 18.0 Å². The minimum atomic E-state index is -1.13. The molecule has 0 radical (unpaired) electrons. The number of para-hydroxylation sites is 1. The van der Waals surface area contributed by atoms with Crippen molar-refractivity contribution in [2.75, 3.05) is 5.32 Å². The van der Waals surface area contributed by atoms with E-state index in [4.69, 9.17) is 5.11 Å². The number of hydrogen-bond donors (Lipinski definition) is 2. The molecule has 9 nitrogen and oxygen atoms in total. The van der Waals surface area contributed by atoms with E-state index in [1.54, 1.807) is 48.5 Å². The first-order chi connectivity index (χ1) is 14.5. The predicted octanol–water partition coefficient (Wildman–Crippen LogP) is 2.37. The van der Waals surface area contributed by atoms with Crippen molar-refractivity contribution in [3.63, 3.8) is 0 Å². The number of amides is 1. The van der Waals surface area contributed by atoms with Gasteiger partial charge in [-0.2, -0.15) is 14.9 Å². The number of hydrogen-bond acceptors (Lipinski definition) is 5. The number of carboxylic acid groups (broad SMARTS) is 1. The molecule has 2 aromatic carbocycles. The molecule has 0 fully saturated rings. The van der Waals surface area contributed by atoms with Gasteiger partial charge in [0.2, 0.25) is 0 Å². The van der Waals surface area contributed by atoms with Crippen molar-refractivity contribution in [3.05, 3.63) is 101 Å². The summed E-state index contributed by atoms with van der Waals surface area (Å²) in [6.07, 6.45) is 1.52. The summed E-state index contributed by atoms with van der Waals surface area (Å²) in [5, 5.41) is 19.8. The molecule has 0 aliphatic carbocycles. The van der Waals surface area contributed by atoms with Crippen molar-refractivity contribution >= 4 is 17.6 Å². The minimum absolute atomic E-state index is 0.0658. The number of aromatic nitrogens is 4. The van der Waals surface area contributed by atoms with E-state index in [1.807, 2.05) is 6.07 Å². The van der Waals surface area contributed by atoms with E-state index >= 15 is 0 Å². The molecule has 30 heavy (non-hydrogen) atoms. The average molecular weight is 401 g/mol. The third-order valence-electron chi connectivity index (χ3n) is 4.21. The number of carbonyl (C=O) groups excluding carboxylic acids is 1. The molecule has 0 aliphatic rings. The lowest BCUT2D eigenvalue weighted by Crippen LogP contribution is -2.24. The van der Waals surface area contributed by atoms with Crippen LogP contribution in [0.4, 0.5) is 5.69 Å². The Kier molecular flexibility index (Phi) is 4.92. The third-order valence-corrected chi connectivity index (χ3v) is 4.21. The molecule has 148 valence electrons. The van der Waals surface area contributed by atoms with Crippen LogP contribution in [0.3, 0.4) is 0 Å². The molecule has 2 aromatic heterocycles. The average Bonchev–Trinajstić information content (AvgIpc) is 3.26. The SMILES string of the molecule is O=C(O)c1ccn(-c2cccc(NC(=O)c3ccc(=O)n(-c4ccccc4)n3)c2)n1. The maximum absolute atomic E-state index is 12.7. The monoisotopic (exact) mass is 401 g/mol. The Morgan fingerprint density at radius 2 is 1.60 bits per heavy atom. The van der Waals surface area contributed by atoms with Crippen molar-refractivity contribution in [2.45, 2.75) is 0 Å². The fraction of sp³-hybridized carbons (Fsp3) is 0. The molecule has 0 unspecified atom stereocenters. The predicted molar refractivity (Wildman–Crippen MR) is 108 cm³/mol. The first-order valence-electron chi connectivity index (χ1n) is 8.88. The van der Waals surface area contributed by atoms with Gasteiger partial charge in [0.1, 0.15) is 5.69 Å². The van der Waals surface area contributed by atoms with Gasteiger partial charge in [-0.25, -0.2) is 9.48 Å². The van der Waals surface area contributed by atoms with Crippen molar-refractivity contribution in [2.24, 2.45) is 0 Å². The van der Waals surface area contributed by atoms with Crippen molar-refractivity contribution in [3.8, 4) is 11.4 Å². The maximum Gasteiger partial charge on any atom is 0.356 e. The largest absolute Gasteiger partial charge is 0.476 e. The summed E-state index contributed by atoms with van der Waals surface area (Å²) in [6.45, 7) is 0. The Morgan fingerprint density at radius 3 is 2.33 bits per heavy atom. The molecule has 0 aliphatic heterocycles. The van der Waals surface area contributed by atoms with Gasteiger partial charge in [-0.05, 0) is 42.5 Å². The number of aromatic carboxylic acids is 1. The van der Waals surface area contributed by atoms with Gasteiger partial charge in [-0.15, -0.1) is 0 Å². The van der Waals surface area contributed by atoms with E-state index in [2.05, 4.69) is 15.5 Å². The van der Waals surface area contributed by atoms with Crippen LogP contribution in [0.2, 0.25) is 0 Å². The molecule has 1 amide bonds. The Morgan fingerprint density at radius 1 is 0.833 bits per heavy atom. The van der Waals surface area contributed by atoms with E-state index in [9.17, 15) is 14.4 Å². The number of carboxylic acids is 1. The summed E-state index contributed by atoms with van der Waals surface area (Å²) in [5.41, 5.74) is 1.21. The molecule has 0 bridgehead atoms. The van der Waals surface area contributed by atoms with Crippen LogP contribution in [-0.4, -0.2) is 36.5 Å². The van der Waals surface area contributed by atoms with Crippen LogP contribution in [0.15, 0.2) is 83.8 Å². The minimum Gasteiger partial charge on any atom is -0.476 e. The highest BCUT2D eigenvalue weighted by Crippen LogP contribution is 2.15. The fourth-order valence-electron chi connectivity index (χ4n) is 2.79. The van der Waals surface area contributed by atoms with Crippen LogP contribution in [0.25, 0.3) is 11.4 Å². The van der Waals surface area contributed by atoms with E-state index in [-0.39, 0.29) is 16.9 Å². The Hall–Kier alpha value is -4.53. The Balaban J connectivity index is 1.59. The second-order valence-electron chi connectivity index (χ2n) is 6.26. The fourth-order valence-corrected chi connectivity index (χ4v) is 2.79. The Labute approximate surface area is 169 Å². The van der Waals surface area contributed by atoms with Crippen molar-refractivity contribution in [1.82, 2.24) is 19.6 Å². The number of nitrogens with zero attached hydrogens (tertiary/aromatic N) is 4. The standard InChI is InChI=1S/C21H15N5O4/c27-19-10-9-17(24-26(19)15-6-2-1-3-7-15)20(28)22-14-5-4-8-16(13-14)25-12-11-18(23-25)21(29)30/h1-13H,(H,22,28)(H,29,30). The van der Waals surface area contributed by atoms with Gasteiger partial charge in [0.25, 0.3) is 11.5 Å². The zero-order valence-corrected chi connectivity index (χ0v) is 15.5. The first kappa shape index (κ1) is 18.8. The molecule has 2 N–H and O–H groups in total. The molecule has 4 rings (SSSR count). The number of nitrogens with one attached hydrogen (secondary N) is 1. The van der Waals surface area contributed by atoms with Crippen LogP contribution in [0.1, 0.15) is 21.0 Å². The van der Waals surface area contributed by atoms with Gasteiger partial charge >= 0.3 is 5.97 Å². The smallest absolute Gasteiger partial charge is 0.356 e. The van der Waals surface area contributed by atoms with Crippen molar-refractivity contribution < 1.29 is 14.7 Å². The lowest BCUT2D eigenvalue weighted by atomic mass is 10.2. The van der Waals surface area contributed by atoms with Gasteiger partial charge < -0.3 is 10.4 Å². The van der Waals surface area contributed by atoms with E-state index < -0.39 is 11.9 Å². The van der Waals surface area contributed by atoms with Gasteiger partial charge in [-0.1, -0.05) is 24.3 Å². The number of rotatable bonds is 5. The second kappa shape index (κ2) is 7.84. The molecule has 4 aromatic rings. The van der Waals surface area contributed by atoms with Crippen LogP contribution in [-0.2, 0) is 0 Å². The molecule has 0 atom stereocenters. The normalized spacial score (nSPS) is 10.5. The van der Waals surface area contributed by atoms with Gasteiger partial charge in [-0.3, -0.25) is 9.59 Å². The quantitative estimate of drug-likeness (QED) is 0.530. The molecule has 0 spiro atoms. The molecular formula is C21H15N5O4.